The van der Waals surface area contributed by atoms with E-state index in [1.807, 2.05) is 13.8 Å². The normalized spacial score (nSPS) is 21.8. The van der Waals surface area contributed by atoms with E-state index in [0.29, 0.717) is 18.8 Å². The molecular weight excluding hydrogens is 405 g/mol. The summed E-state index contributed by atoms with van der Waals surface area (Å²) in [6, 6.07) is 0. The largest absolute Gasteiger partial charge is 0.245 e. The summed E-state index contributed by atoms with van der Waals surface area (Å²) in [7, 11) is 0. The van der Waals surface area contributed by atoms with Crippen LogP contribution in [0.15, 0.2) is 0 Å². The van der Waals surface area contributed by atoms with Gasteiger partial charge in [-0.25, -0.2) is 13.2 Å². The molecule has 0 radical (unpaired) electrons. The van der Waals surface area contributed by atoms with Crippen molar-refractivity contribution in [3.05, 3.63) is 0 Å². The van der Waals surface area contributed by atoms with Crippen LogP contribution in [0.3, 0.4) is 0 Å². The van der Waals surface area contributed by atoms with Crippen LogP contribution in [-0.2, 0) is 0 Å². The Morgan fingerprint density at radius 3 is 1.44 bits per heavy atom. The van der Waals surface area contributed by atoms with Crippen molar-refractivity contribution < 1.29 is 13.2 Å². The fourth-order valence-corrected chi connectivity index (χ4v) is 6.17. The molecule has 0 aliphatic carbocycles. The lowest BCUT2D eigenvalue weighted by Crippen LogP contribution is -2.37. The van der Waals surface area contributed by atoms with E-state index < -0.39 is 11.6 Å². The maximum Gasteiger partial charge on any atom is 0.245 e. The quantitative estimate of drug-likeness (QED) is 0.214. The zero-order chi connectivity index (χ0) is 25.6. The predicted octanol–water partition coefficient (Wildman–Crippen LogP) is 10.9. The van der Waals surface area contributed by atoms with Gasteiger partial charge in [-0.15, -0.1) is 0 Å². The second-order valence-corrected chi connectivity index (χ2v) is 12.9. The highest BCUT2D eigenvalue weighted by Gasteiger charge is 2.42. The van der Waals surface area contributed by atoms with Gasteiger partial charge in [-0.2, -0.15) is 0 Å². The zero-order valence-corrected chi connectivity index (χ0v) is 23.7. The van der Waals surface area contributed by atoms with Crippen LogP contribution < -0.4 is 0 Å². The molecule has 0 fully saturated rings. The topological polar surface area (TPSA) is 0 Å². The summed E-state index contributed by atoms with van der Waals surface area (Å²) < 4.78 is 43.4. The standard InChI is InChI=1S/C29H57F3/c1-13-25(8,14-2)20-28(11,30)19-24(7)26(9,15-3)18-22(5)17-23(6)27(10,16-4)21-29(12,31)32/h22-24H,13-21H2,1-12H3. The molecule has 3 heteroatoms. The van der Waals surface area contributed by atoms with Crippen LogP contribution in [-0.4, -0.2) is 11.6 Å². The molecule has 194 valence electrons. The van der Waals surface area contributed by atoms with Crippen molar-refractivity contribution in [3.63, 3.8) is 0 Å². The monoisotopic (exact) mass is 462 g/mol. The van der Waals surface area contributed by atoms with E-state index in [-0.39, 0.29) is 34.5 Å². The summed E-state index contributed by atoms with van der Waals surface area (Å²) in [5.74, 6) is -1.70. The van der Waals surface area contributed by atoms with Crippen molar-refractivity contribution >= 4 is 0 Å². The van der Waals surface area contributed by atoms with E-state index in [2.05, 4.69) is 55.4 Å². The molecule has 0 N–H and O–H groups in total. The first-order chi connectivity index (χ1) is 14.3. The molecule has 6 atom stereocenters. The lowest BCUT2D eigenvalue weighted by Gasteiger charge is -2.43. The Balaban J connectivity index is 5.28. The van der Waals surface area contributed by atoms with Crippen molar-refractivity contribution in [3.8, 4) is 0 Å². The molecule has 0 spiro atoms. The van der Waals surface area contributed by atoms with Gasteiger partial charge in [-0.05, 0) is 73.5 Å². The van der Waals surface area contributed by atoms with Crippen LogP contribution in [0.5, 0.6) is 0 Å². The second-order valence-electron chi connectivity index (χ2n) is 12.9. The van der Waals surface area contributed by atoms with Crippen LogP contribution >= 0.6 is 0 Å². The van der Waals surface area contributed by atoms with Gasteiger partial charge in [0.15, 0.2) is 0 Å². The summed E-state index contributed by atoms with van der Waals surface area (Å²) in [6.45, 7) is 24.6. The molecular formula is C29H57F3. The average Bonchev–Trinajstić information content (AvgIpc) is 2.65. The van der Waals surface area contributed by atoms with Crippen LogP contribution in [0.1, 0.15) is 141 Å². The molecule has 0 saturated carbocycles. The Kier molecular flexibility index (Phi) is 11.9. The highest BCUT2D eigenvalue weighted by Crippen LogP contribution is 2.48. The van der Waals surface area contributed by atoms with Crippen molar-refractivity contribution in [2.24, 2.45) is 34.0 Å². The SMILES string of the molecule is CCC(C)(CC)CC(C)(F)CC(C)C(C)(CC)CC(C)CC(C)C(C)(CC)CC(C)(F)F. The van der Waals surface area contributed by atoms with E-state index in [9.17, 15) is 8.78 Å². The molecule has 0 aromatic heterocycles. The Morgan fingerprint density at radius 1 is 0.594 bits per heavy atom. The van der Waals surface area contributed by atoms with Crippen molar-refractivity contribution in [1.82, 2.24) is 0 Å². The molecule has 6 unspecified atom stereocenters. The predicted molar refractivity (Wildman–Crippen MR) is 136 cm³/mol. The van der Waals surface area contributed by atoms with Crippen molar-refractivity contribution in [1.29, 1.82) is 0 Å². The van der Waals surface area contributed by atoms with Gasteiger partial charge >= 0.3 is 0 Å². The summed E-state index contributed by atoms with van der Waals surface area (Å²) in [4.78, 5) is 0. The Labute approximate surface area is 199 Å². The van der Waals surface area contributed by atoms with Crippen LogP contribution in [0.2, 0.25) is 0 Å². The van der Waals surface area contributed by atoms with E-state index in [1.54, 1.807) is 6.92 Å². The average molecular weight is 463 g/mol. The maximum atomic E-state index is 15.7. The number of hydrogen-bond acceptors (Lipinski definition) is 0. The van der Waals surface area contributed by atoms with E-state index >= 15 is 4.39 Å². The van der Waals surface area contributed by atoms with E-state index in [4.69, 9.17) is 0 Å². The third-order valence-electron chi connectivity index (χ3n) is 9.51. The lowest BCUT2D eigenvalue weighted by molar-refractivity contribution is -0.0455. The Bertz CT molecular complexity index is 531. The van der Waals surface area contributed by atoms with E-state index in [1.165, 1.54) is 0 Å². The van der Waals surface area contributed by atoms with Gasteiger partial charge in [0.1, 0.15) is 5.67 Å². The zero-order valence-electron chi connectivity index (χ0n) is 23.7. The minimum absolute atomic E-state index is 0.0542. The molecule has 0 bridgehead atoms. The molecule has 0 aromatic carbocycles. The third kappa shape index (κ3) is 9.96. The van der Waals surface area contributed by atoms with Crippen LogP contribution in [0.4, 0.5) is 13.2 Å². The molecule has 0 nitrogen and oxygen atoms in total. The number of alkyl halides is 3. The summed E-state index contributed by atoms with van der Waals surface area (Å²) in [6.07, 6.45) is 6.90. The number of rotatable bonds is 16. The number of hydrogen-bond donors (Lipinski definition) is 0. The first-order valence-corrected chi connectivity index (χ1v) is 13.4. The highest BCUT2D eigenvalue weighted by atomic mass is 19.3. The van der Waals surface area contributed by atoms with E-state index in [0.717, 1.165) is 45.4 Å². The van der Waals surface area contributed by atoms with Gasteiger partial charge in [0.25, 0.3) is 0 Å². The molecule has 0 heterocycles. The first-order valence-electron chi connectivity index (χ1n) is 13.4. The highest BCUT2D eigenvalue weighted by molar-refractivity contribution is 4.91. The minimum Gasteiger partial charge on any atom is -0.244 e. The van der Waals surface area contributed by atoms with Crippen molar-refractivity contribution in [2.75, 3.05) is 0 Å². The minimum atomic E-state index is -2.63. The molecule has 0 saturated heterocycles. The molecule has 0 rings (SSSR count). The summed E-state index contributed by atoms with van der Waals surface area (Å²) in [5.41, 5.74) is -1.41. The molecule has 0 aromatic rings. The maximum absolute atomic E-state index is 15.7. The molecule has 0 amide bonds. The second kappa shape index (κ2) is 12.0. The third-order valence-corrected chi connectivity index (χ3v) is 9.51. The smallest absolute Gasteiger partial charge is 0.244 e. The summed E-state index contributed by atoms with van der Waals surface area (Å²) in [5, 5.41) is 0. The molecule has 0 aliphatic rings. The van der Waals surface area contributed by atoms with Crippen molar-refractivity contribution in [2.45, 2.75) is 152 Å². The number of halogens is 3. The van der Waals surface area contributed by atoms with Crippen LogP contribution in [0, 0.1) is 34.0 Å². The fraction of sp³-hybridized carbons (Fsp3) is 1.00. The first kappa shape index (κ1) is 31.8. The van der Waals surface area contributed by atoms with Gasteiger partial charge < -0.3 is 0 Å². The Hall–Kier alpha value is -0.210. The lowest BCUT2D eigenvalue weighted by atomic mass is 9.63. The van der Waals surface area contributed by atoms with Gasteiger partial charge in [-0.1, -0.05) is 94.9 Å². The Morgan fingerprint density at radius 2 is 1.06 bits per heavy atom. The van der Waals surface area contributed by atoms with Crippen LogP contribution in [0.25, 0.3) is 0 Å². The van der Waals surface area contributed by atoms with Gasteiger partial charge in [0.05, 0.1) is 0 Å². The van der Waals surface area contributed by atoms with Gasteiger partial charge in [0.2, 0.25) is 5.92 Å². The fourth-order valence-electron chi connectivity index (χ4n) is 6.17. The van der Waals surface area contributed by atoms with Gasteiger partial charge in [0, 0.05) is 6.42 Å². The molecule has 32 heavy (non-hydrogen) atoms. The summed E-state index contributed by atoms with van der Waals surface area (Å²) >= 11 is 0. The van der Waals surface area contributed by atoms with Gasteiger partial charge in [-0.3, -0.25) is 0 Å². The molecule has 0 aliphatic heterocycles.